The minimum absolute atomic E-state index is 0.0451. The van der Waals surface area contributed by atoms with E-state index in [1.807, 2.05) is 0 Å². The van der Waals surface area contributed by atoms with Gasteiger partial charge < -0.3 is 5.11 Å². The summed E-state index contributed by atoms with van der Waals surface area (Å²) in [6.45, 7) is 2.19. The summed E-state index contributed by atoms with van der Waals surface area (Å²) >= 11 is 0. The highest BCUT2D eigenvalue weighted by atomic mass is 16.3. The van der Waals surface area contributed by atoms with Crippen molar-refractivity contribution < 1.29 is 5.11 Å². The quantitative estimate of drug-likeness (QED) is 0.520. The zero-order valence-electron chi connectivity index (χ0n) is 5.88. The van der Waals surface area contributed by atoms with Gasteiger partial charge in [0.1, 0.15) is 0 Å². The van der Waals surface area contributed by atoms with Crippen LogP contribution in [-0.2, 0) is 0 Å². The lowest BCUT2D eigenvalue weighted by Gasteiger charge is -2.22. The fourth-order valence-corrected chi connectivity index (χ4v) is 2.55. The van der Waals surface area contributed by atoms with E-state index in [-0.39, 0.29) is 6.10 Å². The van der Waals surface area contributed by atoms with E-state index in [1.165, 1.54) is 19.3 Å². The van der Waals surface area contributed by atoms with Crippen LogP contribution in [0.3, 0.4) is 0 Å². The predicted octanol–water partition coefficient (Wildman–Crippen LogP) is 1.41. The van der Waals surface area contributed by atoms with Gasteiger partial charge in [-0.05, 0) is 37.0 Å². The van der Waals surface area contributed by atoms with E-state index in [0.29, 0.717) is 11.8 Å². The number of fused-ring (bicyclic) bond motifs is 2. The Morgan fingerprint density at radius 3 is 2.22 bits per heavy atom. The van der Waals surface area contributed by atoms with Crippen molar-refractivity contribution in [3.8, 4) is 0 Å². The zero-order chi connectivity index (χ0) is 6.43. The maximum absolute atomic E-state index is 9.49. The molecule has 52 valence electrons. The third-order valence-corrected chi connectivity index (χ3v) is 3.28. The van der Waals surface area contributed by atoms with Crippen molar-refractivity contribution in [3.05, 3.63) is 0 Å². The van der Waals surface area contributed by atoms with E-state index in [4.69, 9.17) is 0 Å². The second-order valence-electron chi connectivity index (χ2n) is 3.68. The maximum atomic E-state index is 9.49. The second-order valence-corrected chi connectivity index (χ2v) is 3.68. The van der Waals surface area contributed by atoms with Gasteiger partial charge in [0.2, 0.25) is 0 Å². The molecule has 0 aliphatic heterocycles. The Balaban J connectivity index is 2.15. The molecule has 1 heteroatoms. The van der Waals surface area contributed by atoms with Gasteiger partial charge in [-0.1, -0.05) is 6.92 Å². The largest absolute Gasteiger partial charge is 0.393 e. The van der Waals surface area contributed by atoms with Crippen LogP contribution >= 0.6 is 0 Å². The lowest BCUT2D eigenvalue weighted by molar-refractivity contribution is 0.0677. The monoisotopic (exact) mass is 126 g/mol. The molecule has 2 saturated carbocycles. The molecule has 0 spiro atoms. The summed E-state index contributed by atoms with van der Waals surface area (Å²) in [7, 11) is 0. The third-order valence-electron chi connectivity index (χ3n) is 3.28. The van der Waals surface area contributed by atoms with Crippen LogP contribution in [0.15, 0.2) is 0 Å². The first-order chi connectivity index (χ1) is 4.29. The molecule has 2 fully saturated rings. The van der Waals surface area contributed by atoms with E-state index in [1.54, 1.807) is 0 Å². The van der Waals surface area contributed by atoms with Crippen LogP contribution in [0.25, 0.3) is 0 Å². The van der Waals surface area contributed by atoms with Crippen LogP contribution in [0.1, 0.15) is 26.2 Å². The van der Waals surface area contributed by atoms with Gasteiger partial charge in [0.05, 0.1) is 6.10 Å². The molecule has 0 saturated heterocycles. The van der Waals surface area contributed by atoms with Gasteiger partial charge >= 0.3 is 0 Å². The van der Waals surface area contributed by atoms with Crippen LogP contribution in [0, 0.1) is 17.8 Å². The van der Waals surface area contributed by atoms with Crippen molar-refractivity contribution in [2.45, 2.75) is 32.3 Å². The van der Waals surface area contributed by atoms with Crippen LogP contribution in [0.5, 0.6) is 0 Å². The highest BCUT2D eigenvalue weighted by Gasteiger charge is 2.43. The van der Waals surface area contributed by atoms with Gasteiger partial charge in [-0.3, -0.25) is 0 Å². The number of rotatable bonds is 0. The summed E-state index contributed by atoms with van der Waals surface area (Å²) in [4.78, 5) is 0. The van der Waals surface area contributed by atoms with E-state index >= 15 is 0 Å². The lowest BCUT2D eigenvalue weighted by Crippen LogP contribution is -2.24. The van der Waals surface area contributed by atoms with Gasteiger partial charge in [0, 0.05) is 0 Å². The molecule has 9 heavy (non-hydrogen) atoms. The Hall–Kier alpha value is -0.0400. The first-order valence-electron chi connectivity index (χ1n) is 3.97. The lowest BCUT2D eigenvalue weighted by atomic mass is 9.88. The topological polar surface area (TPSA) is 20.2 Å². The van der Waals surface area contributed by atoms with Gasteiger partial charge in [-0.15, -0.1) is 0 Å². The van der Waals surface area contributed by atoms with Gasteiger partial charge in [0.25, 0.3) is 0 Å². The number of aliphatic hydroxyl groups is 1. The smallest absolute Gasteiger partial charge is 0.0596 e. The molecule has 2 aliphatic carbocycles. The van der Waals surface area contributed by atoms with Crippen molar-refractivity contribution >= 4 is 0 Å². The highest BCUT2D eigenvalue weighted by Crippen LogP contribution is 2.47. The summed E-state index contributed by atoms with van der Waals surface area (Å²) in [6, 6.07) is 0. The van der Waals surface area contributed by atoms with Crippen LogP contribution in [0.4, 0.5) is 0 Å². The van der Waals surface area contributed by atoms with E-state index in [9.17, 15) is 5.11 Å². The molecular formula is C8H14O. The van der Waals surface area contributed by atoms with E-state index < -0.39 is 0 Å². The SMILES string of the molecule is C[C@H]1[C@H]2CC[C@H](C2)[C@@H]1O. The summed E-state index contributed by atoms with van der Waals surface area (Å²) in [5.74, 6) is 2.14. The Kier molecular flexibility index (Phi) is 1.10. The second kappa shape index (κ2) is 1.72. The summed E-state index contributed by atoms with van der Waals surface area (Å²) in [5.41, 5.74) is 0. The van der Waals surface area contributed by atoms with Crippen LogP contribution in [-0.4, -0.2) is 11.2 Å². The average Bonchev–Trinajstić information content (AvgIpc) is 2.37. The fraction of sp³-hybridized carbons (Fsp3) is 1.00. The molecule has 0 radical (unpaired) electrons. The molecule has 2 rings (SSSR count). The summed E-state index contributed by atoms with van der Waals surface area (Å²) < 4.78 is 0. The van der Waals surface area contributed by atoms with Crippen LogP contribution < -0.4 is 0 Å². The third kappa shape index (κ3) is 0.644. The maximum Gasteiger partial charge on any atom is 0.0596 e. The zero-order valence-corrected chi connectivity index (χ0v) is 5.88. The van der Waals surface area contributed by atoms with Crippen molar-refractivity contribution in [3.63, 3.8) is 0 Å². The number of hydrogen-bond donors (Lipinski definition) is 1. The van der Waals surface area contributed by atoms with Gasteiger partial charge in [-0.25, -0.2) is 0 Å². The van der Waals surface area contributed by atoms with Gasteiger partial charge in [0.15, 0.2) is 0 Å². The van der Waals surface area contributed by atoms with Crippen molar-refractivity contribution in [1.29, 1.82) is 0 Å². The molecule has 0 heterocycles. The molecule has 1 nitrogen and oxygen atoms in total. The molecule has 0 amide bonds. The van der Waals surface area contributed by atoms with Crippen LogP contribution in [0.2, 0.25) is 0 Å². The Morgan fingerprint density at radius 2 is 1.89 bits per heavy atom. The number of hydrogen-bond acceptors (Lipinski definition) is 1. The summed E-state index contributed by atoms with van der Waals surface area (Å²) in [5, 5.41) is 9.49. The molecule has 0 aromatic carbocycles. The average molecular weight is 126 g/mol. The number of aliphatic hydroxyl groups excluding tert-OH is 1. The fourth-order valence-electron chi connectivity index (χ4n) is 2.55. The first-order valence-corrected chi connectivity index (χ1v) is 3.97. The molecule has 1 N–H and O–H groups in total. The normalized spacial score (nSPS) is 56.7. The molecule has 0 aromatic heterocycles. The minimum atomic E-state index is 0.0451. The Labute approximate surface area is 56.1 Å². The molecule has 0 unspecified atom stereocenters. The van der Waals surface area contributed by atoms with Crippen molar-refractivity contribution in [2.24, 2.45) is 17.8 Å². The molecule has 2 bridgehead atoms. The first kappa shape index (κ1) is 5.72. The molecule has 2 aliphatic rings. The molecule has 0 aromatic rings. The Bertz CT molecular complexity index is 104. The van der Waals surface area contributed by atoms with Gasteiger partial charge in [-0.2, -0.15) is 0 Å². The minimum Gasteiger partial charge on any atom is -0.393 e. The van der Waals surface area contributed by atoms with Crippen molar-refractivity contribution in [1.82, 2.24) is 0 Å². The summed E-state index contributed by atoms with van der Waals surface area (Å²) in [6.07, 6.45) is 4.02. The predicted molar refractivity (Wildman–Crippen MR) is 36.0 cm³/mol. The van der Waals surface area contributed by atoms with E-state index in [0.717, 1.165) is 5.92 Å². The molecule has 4 atom stereocenters. The Morgan fingerprint density at radius 1 is 1.22 bits per heavy atom. The molecular weight excluding hydrogens is 112 g/mol. The highest BCUT2D eigenvalue weighted by molar-refractivity contribution is 4.94. The van der Waals surface area contributed by atoms with Crippen molar-refractivity contribution in [2.75, 3.05) is 0 Å². The van der Waals surface area contributed by atoms with E-state index in [2.05, 4.69) is 6.92 Å². The standard InChI is InChI=1S/C8H14O/c1-5-6-2-3-7(4-6)8(5)9/h5-9H,2-4H2,1H3/t5-,6-,7+,8+/m0/s1.